The molecule has 1 N–H and O–H groups in total. The molecule has 1 aromatic heterocycles. The summed E-state index contributed by atoms with van der Waals surface area (Å²) in [6.07, 6.45) is 0. The van der Waals surface area contributed by atoms with Gasteiger partial charge in [-0.25, -0.2) is 4.39 Å². The number of carbonyl (C=O) groups excluding carboxylic acids is 1. The molecule has 1 amide bonds. The van der Waals surface area contributed by atoms with Gasteiger partial charge in [-0.1, -0.05) is 24.3 Å². The van der Waals surface area contributed by atoms with E-state index in [1.165, 1.54) is 23.3 Å². The lowest BCUT2D eigenvalue weighted by molar-refractivity contribution is 0.0763. The topological polar surface area (TPSA) is 39.3 Å². The zero-order valence-corrected chi connectivity index (χ0v) is 16.2. The number of likely N-dealkylation sites (tertiary alicyclic amines) is 2. The van der Waals surface area contributed by atoms with Crippen LogP contribution in [-0.2, 0) is 0 Å². The van der Waals surface area contributed by atoms with Crippen molar-refractivity contribution in [1.29, 1.82) is 0 Å². The summed E-state index contributed by atoms with van der Waals surface area (Å²) in [6.45, 7) is 4.71. The Morgan fingerprint density at radius 3 is 2.75 bits per heavy atom. The Hall–Kier alpha value is -2.66. The van der Waals surface area contributed by atoms with Crippen molar-refractivity contribution < 1.29 is 9.18 Å². The van der Waals surface area contributed by atoms with E-state index in [1.54, 1.807) is 12.1 Å². The van der Waals surface area contributed by atoms with Crippen LogP contribution < -0.4 is 0 Å². The van der Waals surface area contributed by atoms with Gasteiger partial charge in [0.1, 0.15) is 11.5 Å². The number of rotatable bonds is 2. The molecule has 2 aliphatic heterocycles. The maximum atomic E-state index is 13.5. The lowest BCUT2D eigenvalue weighted by Crippen LogP contribution is -2.33. The van der Waals surface area contributed by atoms with Gasteiger partial charge in [0.15, 0.2) is 0 Å². The van der Waals surface area contributed by atoms with E-state index in [1.807, 2.05) is 4.90 Å². The average molecular weight is 377 g/mol. The first-order valence-corrected chi connectivity index (χ1v) is 9.84. The minimum absolute atomic E-state index is 0.0113. The summed E-state index contributed by atoms with van der Waals surface area (Å²) in [6, 6.07) is 15.2. The highest BCUT2D eigenvalue weighted by Gasteiger charge is 2.47. The van der Waals surface area contributed by atoms with Crippen LogP contribution in [0.25, 0.3) is 10.9 Å². The average Bonchev–Trinajstić information content (AvgIpc) is 3.34. The van der Waals surface area contributed by atoms with E-state index in [-0.39, 0.29) is 11.7 Å². The van der Waals surface area contributed by atoms with Crippen LogP contribution in [0.3, 0.4) is 0 Å². The van der Waals surface area contributed by atoms with Gasteiger partial charge in [-0.15, -0.1) is 0 Å². The third-order valence-electron chi connectivity index (χ3n) is 6.50. The van der Waals surface area contributed by atoms with Crippen molar-refractivity contribution >= 4 is 16.8 Å². The fraction of sp³-hybridized carbons (Fsp3) is 0.348. The molecule has 5 rings (SSSR count). The molecule has 3 heterocycles. The Labute approximate surface area is 163 Å². The van der Waals surface area contributed by atoms with Gasteiger partial charge < -0.3 is 9.88 Å². The molecule has 5 heteroatoms. The molecule has 2 aromatic carbocycles. The number of H-pyrrole nitrogens is 1. The molecule has 144 valence electrons. The molecule has 0 radical (unpaired) electrons. The Bertz CT molecular complexity index is 1060. The molecule has 2 fully saturated rings. The van der Waals surface area contributed by atoms with Crippen LogP contribution in [0, 0.1) is 24.6 Å². The van der Waals surface area contributed by atoms with E-state index in [0.717, 1.165) is 30.5 Å². The van der Waals surface area contributed by atoms with Gasteiger partial charge in [-0.3, -0.25) is 9.69 Å². The molecular formula is C23H24FN3O. The number of benzene rings is 2. The number of aromatic amines is 1. The molecule has 3 aromatic rings. The molecule has 28 heavy (non-hydrogen) atoms. The van der Waals surface area contributed by atoms with Gasteiger partial charge >= 0.3 is 0 Å². The van der Waals surface area contributed by atoms with Gasteiger partial charge in [0.05, 0.1) is 0 Å². The summed E-state index contributed by atoms with van der Waals surface area (Å²) in [5, 5.41) is 0.736. The van der Waals surface area contributed by atoms with Gasteiger partial charge in [0, 0.05) is 42.5 Å². The molecule has 0 saturated carbocycles. The summed E-state index contributed by atoms with van der Waals surface area (Å²) in [4.78, 5) is 20.7. The number of nitrogens with zero attached hydrogens (tertiary/aromatic N) is 2. The van der Waals surface area contributed by atoms with Gasteiger partial charge in [-0.05, 0) is 55.3 Å². The number of hydrogen-bond acceptors (Lipinski definition) is 2. The molecule has 0 unspecified atom stereocenters. The van der Waals surface area contributed by atoms with Gasteiger partial charge in [0.25, 0.3) is 5.91 Å². The van der Waals surface area contributed by atoms with Crippen molar-refractivity contribution in [2.24, 2.45) is 11.8 Å². The lowest BCUT2D eigenvalue weighted by Gasteiger charge is -2.28. The number of aromatic nitrogens is 1. The van der Waals surface area contributed by atoms with E-state index in [9.17, 15) is 9.18 Å². The maximum absolute atomic E-state index is 13.5. The third-order valence-corrected chi connectivity index (χ3v) is 6.50. The van der Waals surface area contributed by atoms with E-state index in [4.69, 9.17) is 0 Å². The minimum Gasteiger partial charge on any atom is -0.351 e. The summed E-state index contributed by atoms with van der Waals surface area (Å²) >= 11 is 0. The molecule has 0 spiro atoms. The highest BCUT2D eigenvalue weighted by Crippen LogP contribution is 2.45. The van der Waals surface area contributed by atoms with E-state index in [0.29, 0.717) is 23.6 Å². The van der Waals surface area contributed by atoms with Crippen LogP contribution in [0.1, 0.15) is 27.7 Å². The van der Waals surface area contributed by atoms with E-state index >= 15 is 0 Å². The number of fused-ring (bicyclic) bond motifs is 2. The largest absolute Gasteiger partial charge is 0.351 e. The van der Waals surface area contributed by atoms with E-state index < -0.39 is 0 Å². The first-order chi connectivity index (χ1) is 13.5. The summed E-state index contributed by atoms with van der Waals surface area (Å²) in [7, 11) is 2.19. The predicted molar refractivity (Wildman–Crippen MR) is 108 cm³/mol. The van der Waals surface area contributed by atoms with Gasteiger partial charge in [0.2, 0.25) is 0 Å². The number of nitrogens with one attached hydrogen (secondary N) is 1. The quantitative estimate of drug-likeness (QED) is 0.733. The fourth-order valence-corrected chi connectivity index (χ4v) is 5.20. The Morgan fingerprint density at radius 1 is 1.11 bits per heavy atom. The smallest absolute Gasteiger partial charge is 0.270 e. The van der Waals surface area contributed by atoms with Crippen LogP contribution in [0.15, 0.2) is 48.5 Å². The van der Waals surface area contributed by atoms with Crippen LogP contribution in [0.5, 0.6) is 0 Å². The fourth-order valence-electron chi connectivity index (χ4n) is 5.20. The highest BCUT2D eigenvalue weighted by molar-refractivity contribution is 5.98. The Morgan fingerprint density at radius 2 is 1.93 bits per heavy atom. The molecule has 0 bridgehead atoms. The van der Waals surface area contributed by atoms with Crippen molar-refractivity contribution in [2.75, 3.05) is 26.7 Å². The number of halogens is 1. The first kappa shape index (κ1) is 17.4. The molecule has 3 atom stereocenters. The number of hydrogen-bond donors (Lipinski definition) is 1. The zero-order chi connectivity index (χ0) is 19.4. The minimum atomic E-state index is -0.287. The maximum Gasteiger partial charge on any atom is 0.270 e. The van der Waals surface area contributed by atoms with Crippen LogP contribution in [0.4, 0.5) is 4.39 Å². The molecule has 4 nitrogen and oxygen atoms in total. The SMILES string of the molecule is Cc1ccccc1[C@@H]1[C@@H]2CN(C(=O)c3cc4cc(F)ccc4[nH]3)C[C@@H]2CN1C. The highest BCUT2D eigenvalue weighted by atomic mass is 19.1. The van der Waals surface area contributed by atoms with Gasteiger partial charge in [-0.2, -0.15) is 0 Å². The number of carbonyl (C=O) groups is 1. The summed E-state index contributed by atoms with van der Waals surface area (Å²) < 4.78 is 13.5. The summed E-state index contributed by atoms with van der Waals surface area (Å²) in [5.41, 5.74) is 4.01. The predicted octanol–water partition coefficient (Wildman–Crippen LogP) is 3.99. The Kier molecular flexibility index (Phi) is 4.02. The molecular weight excluding hydrogens is 353 g/mol. The molecule has 2 aliphatic rings. The lowest BCUT2D eigenvalue weighted by atomic mass is 9.88. The second kappa shape index (κ2) is 6.45. The third kappa shape index (κ3) is 2.73. The van der Waals surface area contributed by atoms with Crippen molar-refractivity contribution in [3.05, 3.63) is 71.2 Å². The zero-order valence-electron chi connectivity index (χ0n) is 16.2. The van der Waals surface area contributed by atoms with Crippen molar-refractivity contribution in [2.45, 2.75) is 13.0 Å². The van der Waals surface area contributed by atoms with Crippen molar-refractivity contribution in [3.8, 4) is 0 Å². The number of aryl methyl sites for hydroxylation is 1. The van der Waals surface area contributed by atoms with Crippen LogP contribution in [-0.4, -0.2) is 47.4 Å². The normalized spacial score (nSPS) is 24.8. The first-order valence-electron chi connectivity index (χ1n) is 9.84. The molecule has 2 saturated heterocycles. The second-order valence-corrected chi connectivity index (χ2v) is 8.29. The monoisotopic (exact) mass is 377 g/mol. The number of amides is 1. The van der Waals surface area contributed by atoms with Crippen molar-refractivity contribution in [3.63, 3.8) is 0 Å². The van der Waals surface area contributed by atoms with Crippen LogP contribution in [0.2, 0.25) is 0 Å². The molecule has 0 aliphatic carbocycles. The van der Waals surface area contributed by atoms with E-state index in [2.05, 4.69) is 48.1 Å². The standard InChI is InChI=1S/C23H24FN3O/c1-14-5-3-4-6-18(14)22-19-13-27(12-16(19)11-26(22)2)23(28)21-10-15-9-17(24)7-8-20(15)25-21/h3-10,16,19,22,25H,11-13H2,1-2H3/t16-,19+,22+/m0/s1. The summed E-state index contributed by atoms with van der Waals surface area (Å²) in [5.74, 6) is 0.653. The van der Waals surface area contributed by atoms with Crippen molar-refractivity contribution in [1.82, 2.24) is 14.8 Å². The second-order valence-electron chi connectivity index (χ2n) is 8.29. The van der Waals surface area contributed by atoms with Crippen LogP contribution >= 0.6 is 0 Å². The Balaban J connectivity index is 1.40.